The fourth-order valence-electron chi connectivity index (χ4n) is 2.05. The summed E-state index contributed by atoms with van der Waals surface area (Å²) in [4.78, 5) is 10.8. The number of hydrogen-bond donors (Lipinski definition) is 0. The molecule has 0 atom stereocenters. The van der Waals surface area contributed by atoms with E-state index in [0.29, 0.717) is 6.61 Å². The van der Waals surface area contributed by atoms with Gasteiger partial charge < -0.3 is 9.15 Å². The van der Waals surface area contributed by atoms with Crippen molar-refractivity contribution in [1.29, 1.82) is 0 Å². The number of hydrogen-bond acceptors (Lipinski definition) is 3. The fourth-order valence-corrected chi connectivity index (χ4v) is 2.05. The van der Waals surface area contributed by atoms with Gasteiger partial charge in [-0.2, -0.15) is 0 Å². The molecule has 3 heteroatoms. The van der Waals surface area contributed by atoms with Gasteiger partial charge in [-0.1, -0.05) is 24.3 Å². The Bertz CT molecular complexity index is 725. The molecule has 0 bridgehead atoms. The lowest BCUT2D eigenvalue weighted by molar-refractivity contribution is -0.142. The maximum Gasteiger partial charge on any atom is 0.302 e. The van der Waals surface area contributed by atoms with E-state index in [1.165, 1.54) is 6.92 Å². The Hall–Kier alpha value is -2.29. The molecular weight excluding hydrogens is 228 g/mol. The third-order valence-electron chi connectivity index (χ3n) is 2.88. The number of carbonyl (C=O) groups excluding carboxylic acids is 1. The second-order valence-electron chi connectivity index (χ2n) is 4.21. The Morgan fingerprint density at radius 2 is 1.89 bits per heavy atom. The minimum Gasteiger partial charge on any atom is -0.461 e. The first-order valence-electron chi connectivity index (χ1n) is 5.77. The van der Waals surface area contributed by atoms with Gasteiger partial charge in [0.25, 0.3) is 0 Å². The van der Waals surface area contributed by atoms with Crippen molar-refractivity contribution in [3.63, 3.8) is 0 Å². The van der Waals surface area contributed by atoms with Crippen LogP contribution in [0.2, 0.25) is 0 Å². The Balaban J connectivity index is 2.09. The van der Waals surface area contributed by atoms with Crippen molar-refractivity contribution in [3.8, 4) is 0 Å². The number of para-hydroxylation sites is 1. The average Bonchev–Trinajstić information content (AvgIpc) is 2.74. The highest BCUT2D eigenvalue weighted by molar-refractivity contribution is 6.04. The molecular formula is C15H12O3. The molecule has 0 saturated carbocycles. The molecule has 1 aromatic heterocycles. The van der Waals surface area contributed by atoms with Crippen molar-refractivity contribution in [2.24, 2.45) is 0 Å². The Kier molecular flexibility index (Phi) is 2.52. The third kappa shape index (κ3) is 1.84. The van der Waals surface area contributed by atoms with Crippen LogP contribution in [0.15, 0.2) is 46.9 Å². The Morgan fingerprint density at radius 1 is 1.11 bits per heavy atom. The molecule has 0 spiro atoms. The van der Waals surface area contributed by atoms with E-state index in [-0.39, 0.29) is 5.97 Å². The molecule has 18 heavy (non-hydrogen) atoms. The highest BCUT2D eigenvalue weighted by Crippen LogP contribution is 2.29. The summed E-state index contributed by atoms with van der Waals surface area (Å²) in [6.07, 6.45) is 0. The van der Waals surface area contributed by atoms with E-state index in [0.717, 1.165) is 27.5 Å². The molecule has 1 heterocycles. The first kappa shape index (κ1) is 10.8. The molecule has 0 saturated heterocycles. The minimum absolute atomic E-state index is 0.271. The quantitative estimate of drug-likeness (QED) is 0.642. The summed E-state index contributed by atoms with van der Waals surface area (Å²) in [6.45, 7) is 1.70. The molecule has 0 fully saturated rings. The van der Waals surface area contributed by atoms with Gasteiger partial charge in [0.2, 0.25) is 0 Å². The van der Waals surface area contributed by atoms with Crippen LogP contribution in [0.1, 0.15) is 12.5 Å². The first-order chi connectivity index (χ1) is 8.74. The highest BCUT2D eigenvalue weighted by Gasteiger charge is 2.07. The number of esters is 1. The van der Waals surface area contributed by atoms with Crippen molar-refractivity contribution in [2.75, 3.05) is 0 Å². The van der Waals surface area contributed by atoms with Crippen LogP contribution >= 0.6 is 0 Å². The van der Waals surface area contributed by atoms with E-state index < -0.39 is 0 Å². The lowest BCUT2D eigenvalue weighted by Crippen LogP contribution is -1.98. The standard InChI is InChI=1S/C15H12O3/c1-10(16)17-9-11-6-7-15-13(8-11)12-4-2-3-5-14(12)18-15/h2-8H,9H2,1H3. The number of rotatable bonds is 2. The molecule has 0 aliphatic carbocycles. The topological polar surface area (TPSA) is 39.4 Å². The summed E-state index contributed by atoms with van der Waals surface area (Å²) in [5.74, 6) is -0.271. The minimum atomic E-state index is -0.271. The summed E-state index contributed by atoms with van der Waals surface area (Å²) < 4.78 is 10.7. The SMILES string of the molecule is CC(=O)OCc1ccc2oc3ccccc3c2c1. The van der Waals surface area contributed by atoms with Gasteiger partial charge in [0.15, 0.2) is 0 Å². The van der Waals surface area contributed by atoms with E-state index in [1.54, 1.807) is 0 Å². The van der Waals surface area contributed by atoms with E-state index in [9.17, 15) is 4.79 Å². The van der Waals surface area contributed by atoms with Gasteiger partial charge in [0.05, 0.1) is 0 Å². The van der Waals surface area contributed by atoms with Gasteiger partial charge >= 0.3 is 5.97 Å². The second kappa shape index (κ2) is 4.18. The summed E-state index contributed by atoms with van der Waals surface area (Å²) in [5.41, 5.74) is 2.68. The fraction of sp³-hybridized carbons (Fsp3) is 0.133. The maximum atomic E-state index is 10.8. The zero-order valence-corrected chi connectivity index (χ0v) is 9.97. The van der Waals surface area contributed by atoms with E-state index in [4.69, 9.17) is 9.15 Å². The predicted octanol–water partition coefficient (Wildman–Crippen LogP) is 3.65. The van der Waals surface area contributed by atoms with Gasteiger partial charge in [-0.05, 0) is 23.8 Å². The van der Waals surface area contributed by atoms with E-state index >= 15 is 0 Å². The molecule has 0 unspecified atom stereocenters. The maximum absolute atomic E-state index is 10.8. The monoisotopic (exact) mass is 240 g/mol. The van der Waals surface area contributed by atoms with Crippen LogP contribution in [0.4, 0.5) is 0 Å². The normalized spacial score (nSPS) is 10.9. The third-order valence-corrected chi connectivity index (χ3v) is 2.88. The largest absolute Gasteiger partial charge is 0.461 e. The van der Waals surface area contributed by atoms with Gasteiger partial charge in [-0.25, -0.2) is 0 Å². The number of furan rings is 1. The molecule has 2 aromatic carbocycles. The van der Waals surface area contributed by atoms with Crippen LogP contribution in [-0.2, 0) is 16.1 Å². The lowest BCUT2D eigenvalue weighted by atomic mass is 10.1. The molecule has 0 aliphatic heterocycles. The van der Waals surface area contributed by atoms with Gasteiger partial charge in [0, 0.05) is 17.7 Å². The molecule has 3 aromatic rings. The van der Waals surface area contributed by atoms with Crippen LogP contribution in [0, 0.1) is 0 Å². The molecule has 0 aliphatic rings. The van der Waals surface area contributed by atoms with Crippen molar-refractivity contribution in [1.82, 2.24) is 0 Å². The molecule has 0 N–H and O–H groups in total. The van der Waals surface area contributed by atoms with Gasteiger partial charge in [0.1, 0.15) is 17.8 Å². The zero-order chi connectivity index (χ0) is 12.5. The average molecular weight is 240 g/mol. The molecule has 0 radical (unpaired) electrons. The van der Waals surface area contributed by atoms with Crippen LogP contribution in [0.5, 0.6) is 0 Å². The number of benzene rings is 2. The van der Waals surface area contributed by atoms with Crippen LogP contribution in [0.3, 0.4) is 0 Å². The second-order valence-corrected chi connectivity index (χ2v) is 4.21. The number of carbonyl (C=O) groups is 1. The van der Waals surface area contributed by atoms with E-state index in [1.807, 2.05) is 42.5 Å². The summed E-state index contributed by atoms with van der Waals surface area (Å²) >= 11 is 0. The summed E-state index contributed by atoms with van der Waals surface area (Å²) in [6, 6.07) is 13.7. The van der Waals surface area contributed by atoms with Crippen molar-refractivity contribution in [3.05, 3.63) is 48.0 Å². The predicted molar refractivity (Wildman–Crippen MR) is 69.2 cm³/mol. The highest BCUT2D eigenvalue weighted by atomic mass is 16.5. The van der Waals surface area contributed by atoms with Crippen LogP contribution < -0.4 is 0 Å². The first-order valence-corrected chi connectivity index (χ1v) is 5.77. The summed E-state index contributed by atoms with van der Waals surface area (Å²) in [7, 11) is 0. The van der Waals surface area contributed by atoms with Crippen LogP contribution in [-0.4, -0.2) is 5.97 Å². The Morgan fingerprint density at radius 3 is 2.72 bits per heavy atom. The van der Waals surface area contributed by atoms with Crippen molar-refractivity contribution >= 4 is 27.9 Å². The number of ether oxygens (including phenoxy) is 1. The van der Waals surface area contributed by atoms with Crippen LogP contribution in [0.25, 0.3) is 21.9 Å². The molecule has 3 rings (SSSR count). The summed E-state index contributed by atoms with van der Waals surface area (Å²) in [5, 5.41) is 2.13. The number of fused-ring (bicyclic) bond motifs is 3. The molecule has 0 amide bonds. The van der Waals surface area contributed by atoms with Gasteiger partial charge in [-0.15, -0.1) is 0 Å². The van der Waals surface area contributed by atoms with Gasteiger partial charge in [-0.3, -0.25) is 4.79 Å². The van der Waals surface area contributed by atoms with Crippen molar-refractivity contribution in [2.45, 2.75) is 13.5 Å². The van der Waals surface area contributed by atoms with Crippen molar-refractivity contribution < 1.29 is 13.9 Å². The smallest absolute Gasteiger partial charge is 0.302 e. The Labute approximate surface area is 104 Å². The zero-order valence-electron chi connectivity index (χ0n) is 9.97. The molecule has 3 nitrogen and oxygen atoms in total. The molecule has 90 valence electrons. The lowest BCUT2D eigenvalue weighted by Gasteiger charge is -2.01. The van der Waals surface area contributed by atoms with E-state index in [2.05, 4.69) is 0 Å².